The normalized spacial score (nSPS) is 15.1. The number of primary amides is 1. The molecular formula is C27H38FN5O3. The minimum absolute atomic E-state index is 0.141. The van der Waals surface area contributed by atoms with Crippen molar-refractivity contribution < 1.29 is 18.7 Å². The minimum atomic E-state index is -0.839. The van der Waals surface area contributed by atoms with Gasteiger partial charge in [-0.3, -0.25) is 9.59 Å². The van der Waals surface area contributed by atoms with Gasteiger partial charge in [-0.25, -0.2) is 14.4 Å². The van der Waals surface area contributed by atoms with Gasteiger partial charge in [0.25, 0.3) is 5.91 Å². The van der Waals surface area contributed by atoms with E-state index < -0.39 is 23.7 Å². The number of rotatable bonds is 12. The molecule has 0 radical (unpaired) electrons. The fourth-order valence-corrected chi connectivity index (χ4v) is 4.40. The van der Waals surface area contributed by atoms with E-state index in [0.717, 1.165) is 56.7 Å². The van der Waals surface area contributed by atoms with Crippen LogP contribution in [0.5, 0.6) is 5.75 Å². The van der Waals surface area contributed by atoms with Crippen LogP contribution in [-0.4, -0.2) is 47.5 Å². The van der Waals surface area contributed by atoms with Crippen molar-refractivity contribution in [3.05, 3.63) is 47.5 Å². The van der Waals surface area contributed by atoms with E-state index >= 15 is 0 Å². The first kappa shape index (κ1) is 27.4. The zero-order valence-electron chi connectivity index (χ0n) is 21.5. The second kappa shape index (κ2) is 13.2. The van der Waals surface area contributed by atoms with Crippen LogP contribution in [0.1, 0.15) is 68.8 Å². The van der Waals surface area contributed by atoms with Gasteiger partial charge in [-0.1, -0.05) is 20.8 Å². The number of nitrogens with one attached hydrogen (secondary N) is 1. The Bertz CT molecular complexity index is 1010. The SMILES string of the molecule is CCc1cnc(N2CCC(CCCOc3ccc(C(=O)N[C@@H](CC(C)C)C(N)=O)c(F)c3)CC2)nc1. The Morgan fingerprint density at radius 2 is 1.92 bits per heavy atom. The second-order valence-corrected chi connectivity index (χ2v) is 9.87. The number of nitrogens with two attached hydrogens (primary N) is 1. The smallest absolute Gasteiger partial charge is 0.254 e. The molecule has 3 rings (SSSR count). The third-order valence-electron chi connectivity index (χ3n) is 6.56. The number of nitrogens with zero attached hydrogens (tertiary/aromatic N) is 3. The van der Waals surface area contributed by atoms with Gasteiger partial charge >= 0.3 is 0 Å². The van der Waals surface area contributed by atoms with Crippen molar-refractivity contribution in [2.75, 3.05) is 24.6 Å². The first-order valence-electron chi connectivity index (χ1n) is 12.8. The lowest BCUT2D eigenvalue weighted by atomic mass is 9.92. The first-order valence-corrected chi connectivity index (χ1v) is 12.8. The van der Waals surface area contributed by atoms with Crippen molar-refractivity contribution in [3.8, 4) is 5.75 Å². The van der Waals surface area contributed by atoms with E-state index in [4.69, 9.17) is 10.5 Å². The molecule has 0 aliphatic carbocycles. The number of carbonyl (C=O) groups excluding carboxylic acids is 2. The van der Waals surface area contributed by atoms with E-state index in [0.29, 0.717) is 24.7 Å². The van der Waals surface area contributed by atoms with E-state index in [9.17, 15) is 14.0 Å². The van der Waals surface area contributed by atoms with E-state index in [1.54, 1.807) is 6.07 Å². The molecule has 1 aromatic heterocycles. The summed E-state index contributed by atoms with van der Waals surface area (Å²) in [6, 6.07) is 3.31. The van der Waals surface area contributed by atoms with Gasteiger partial charge in [-0.15, -0.1) is 0 Å². The summed E-state index contributed by atoms with van der Waals surface area (Å²) in [7, 11) is 0. The van der Waals surface area contributed by atoms with Crippen LogP contribution in [0.3, 0.4) is 0 Å². The lowest BCUT2D eigenvalue weighted by Crippen LogP contribution is -2.45. The largest absolute Gasteiger partial charge is 0.493 e. The zero-order valence-corrected chi connectivity index (χ0v) is 21.5. The standard InChI is InChI=1S/C27H38FN5O3/c1-4-19-16-30-27(31-17-19)33-11-9-20(10-12-33)6-5-13-36-21-7-8-22(23(28)15-21)26(35)32-24(25(29)34)14-18(2)3/h7-8,15-18,20,24H,4-6,9-14H2,1-3H3,(H2,29,34)(H,32,35)/t24-/m0/s1. The molecule has 1 aliphatic heterocycles. The van der Waals surface area contributed by atoms with Crippen LogP contribution >= 0.6 is 0 Å². The van der Waals surface area contributed by atoms with Crippen molar-refractivity contribution in [1.82, 2.24) is 15.3 Å². The Morgan fingerprint density at radius 3 is 2.50 bits per heavy atom. The maximum absolute atomic E-state index is 14.6. The Kier molecular flexibility index (Phi) is 10.0. The molecule has 36 heavy (non-hydrogen) atoms. The second-order valence-electron chi connectivity index (χ2n) is 9.87. The molecule has 1 aliphatic rings. The first-order chi connectivity index (χ1) is 17.3. The third-order valence-corrected chi connectivity index (χ3v) is 6.56. The highest BCUT2D eigenvalue weighted by Gasteiger charge is 2.23. The van der Waals surface area contributed by atoms with Crippen LogP contribution in [0.15, 0.2) is 30.6 Å². The molecular weight excluding hydrogens is 461 g/mol. The van der Waals surface area contributed by atoms with Gasteiger partial charge < -0.3 is 20.7 Å². The monoisotopic (exact) mass is 499 g/mol. The summed E-state index contributed by atoms with van der Waals surface area (Å²) in [5, 5.41) is 2.53. The average molecular weight is 500 g/mol. The maximum atomic E-state index is 14.6. The van der Waals surface area contributed by atoms with Gasteiger partial charge in [0.15, 0.2) is 0 Å². The van der Waals surface area contributed by atoms with Crippen molar-refractivity contribution in [2.24, 2.45) is 17.6 Å². The molecule has 0 unspecified atom stereocenters. The van der Waals surface area contributed by atoms with Gasteiger partial charge in [0, 0.05) is 31.5 Å². The van der Waals surface area contributed by atoms with E-state index in [1.165, 1.54) is 12.1 Å². The van der Waals surface area contributed by atoms with E-state index in [-0.39, 0.29) is 11.5 Å². The number of piperidine rings is 1. The molecule has 196 valence electrons. The lowest BCUT2D eigenvalue weighted by molar-refractivity contribution is -0.120. The maximum Gasteiger partial charge on any atom is 0.254 e. The predicted octanol–water partition coefficient (Wildman–Crippen LogP) is 3.88. The molecule has 2 amide bonds. The number of halogens is 1. The number of hydrogen-bond acceptors (Lipinski definition) is 6. The zero-order chi connectivity index (χ0) is 26.1. The number of benzene rings is 1. The fraction of sp³-hybridized carbons (Fsp3) is 0.556. The molecule has 1 atom stereocenters. The molecule has 1 fully saturated rings. The quantitative estimate of drug-likeness (QED) is 0.429. The molecule has 8 nitrogen and oxygen atoms in total. The third kappa shape index (κ3) is 7.90. The van der Waals surface area contributed by atoms with E-state index in [2.05, 4.69) is 27.1 Å². The summed E-state index contributed by atoms with van der Waals surface area (Å²) in [5.41, 5.74) is 6.37. The number of ether oxygens (including phenoxy) is 1. The molecule has 0 spiro atoms. The van der Waals surface area contributed by atoms with Gasteiger partial charge in [-0.2, -0.15) is 0 Å². The summed E-state index contributed by atoms with van der Waals surface area (Å²) < 4.78 is 20.3. The van der Waals surface area contributed by atoms with Crippen molar-refractivity contribution in [3.63, 3.8) is 0 Å². The molecule has 1 saturated heterocycles. The van der Waals surface area contributed by atoms with Crippen LogP contribution in [0.4, 0.5) is 10.3 Å². The Hall–Kier alpha value is -3.23. The van der Waals surface area contributed by atoms with Crippen LogP contribution in [0.2, 0.25) is 0 Å². The average Bonchev–Trinajstić information content (AvgIpc) is 2.86. The molecule has 1 aromatic carbocycles. The lowest BCUT2D eigenvalue weighted by Gasteiger charge is -2.32. The van der Waals surface area contributed by atoms with Crippen molar-refractivity contribution in [1.29, 1.82) is 0 Å². The molecule has 2 heterocycles. The predicted molar refractivity (Wildman–Crippen MR) is 137 cm³/mol. The van der Waals surface area contributed by atoms with Gasteiger partial charge in [0.2, 0.25) is 11.9 Å². The summed E-state index contributed by atoms with van der Waals surface area (Å²) >= 11 is 0. The van der Waals surface area contributed by atoms with Crippen molar-refractivity contribution in [2.45, 2.75) is 65.3 Å². The number of carbonyl (C=O) groups is 2. The van der Waals surface area contributed by atoms with Crippen LogP contribution in [0, 0.1) is 17.7 Å². The summed E-state index contributed by atoms with van der Waals surface area (Å²) in [6.45, 7) is 8.29. The Morgan fingerprint density at radius 1 is 1.22 bits per heavy atom. The van der Waals surface area contributed by atoms with Gasteiger partial charge in [0.1, 0.15) is 17.6 Å². The highest BCUT2D eigenvalue weighted by molar-refractivity contribution is 5.97. The summed E-state index contributed by atoms with van der Waals surface area (Å²) in [4.78, 5) is 35.2. The molecule has 9 heteroatoms. The number of amides is 2. The molecule has 0 saturated carbocycles. The van der Waals surface area contributed by atoms with Crippen LogP contribution < -0.4 is 20.7 Å². The van der Waals surface area contributed by atoms with Gasteiger partial charge in [-0.05, 0) is 68.1 Å². The molecule has 2 aromatic rings. The summed E-state index contributed by atoms with van der Waals surface area (Å²) in [6.07, 6.45) is 9.20. The fourth-order valence-electron chi connectivity index (χ4n) is 4.40. The van der Waals surface area contributed by atoms with Crippen LogP contribution in [0.25, 0.3) is 0 Å². The number of aryl methyl sites for hydroxylation is 1. The number of anilines is 1. The van der Waals surface area contributed by atoms with E-state index in [1.807, 2.05) is 26.2 Å². The van der Waals surface area contributed by atoms with Crippen molar-refractivity contribution >= 4 is 17.8 Å². The number of hydrogen-bond donors (Lipinski definition) is 2. The Labute approximate surface area is 212 Å². The summed E-state index contributed by atoms with van der Waals surface area (Å²) in [5.74, 6) is -0.0455. The number of aromatic nitrogens is 2. The topological polar surface area (TPSA) is 110 Å². The van der Waals surface area contributed by atoms with Crippen LogP contribution in [-0.2, 0) is 11.2 Å². The van der Waals surface area contributed by atoms with Gasteiger partial charge in [0.05, 0.1) is 12.2 Å². The minimum Gasteiger partial charge on any atom is -0.493 e. The highest BCUT2D eigenvalue weighted by atomic mass is 19.1. The Balaban J connectivity index is 1.40. The molecule has 0 bridgehead atoms. The highest BCUT2D eigenvalue weighted by Crippen LogP contribution is 2.25. The molecule has 3 N–H and O–H groups in total.